The van der Waals surface area contributed by atoms with E-state index >= 15 is 0 Å². The number of hydrogen-bond donors (Lipinski definition) is 0. The van der Waals surface area contributed by atoms with Gasteiger partial charge in [-0.25, -0.2) is 0 Å². The first-order valence-corrected chi connectivity index (χ1v) is 9.50. The van der Waals surface area contributed by atoms with Gasteiger partial charge in [-0.05, 0) is 35.9 Å². The number of fused-ring (bicyclic) bond motifs is 1. The lowest BCUT2D eigenvalue weighted by Crippen LogP contribution is -2.17. The molecule has 1 saturated heterocycles. The van der Waals surface area contributed by atoms with Gasteiger partial charge >= 0.3 is 5.97 Å². The molecule has 0 amide bonds. The summed E-state index contributed by atoms with van der Waals surface area (Å²) in [5.41, 5.74) is 1.39. The molecular weight excluding hydrogens is 370 g/mol. The van der Waals surface area contributed by atoms with Gasteiger partial charge in [-0.2, -0.15) is 5.26 Å². The maximum atomic E-state index is 12.5. The molecule has 1 aliphatic heterocycles. The highest BCUT2D eigenvalue weighted by molar-refractivity contribution is 5.86. The molecule has 2 heterocycles. The molecule has 0 N–H and O–H groups in total. The first-order chi connectivity index (χ1) is 14.2. The van der Waals surface area contributed by atoms with E-state index in [9.17, 15) is 4.79 Å². The van der Waals surface area contributed by atoms with Crippen LogP contribution in [0.3, 0.4) is 0 Å². The van der Waals surface area contributed by atoms with Crippen LogP contribution in [0.1, 0.15) is 29.2 Å². The third kappa shape index (κ3) is 4.10. The fourth-order valence-electron chi connectivity index (χ4n) is 3.58. The minimum absolute atomic E-state index is 0.0741. The van der Waals surface area contributed by atoms with Crippen molar-refractivity contribution in [2.45, 2.75) is 24.9 Å². The molecule has 2 aromatic carbocycles. The van der Waals surface area contributed by atoms with Crippen LogP contribution in [0.4, 0.5) is 0 Å². The molecule has 0 saturated carbocycles. The first-order valence-electron chi connectivity index (χ1n) is 9.50. The fraction of sp³-hybridized carbons (Fsp3) is 0.304. The van der Waals surface area contributed by atoms with E-state index in [1.54, 1.807) is 18.4 Å². The van der Waals surface area contributed by atoms with Crippen LogP contribution in [0.25, 0.3) is 10.8 Å². The molecule has 0 spiro atoms. The van der Waals surface area contributed by atoms with Crippen LogP contribution in [-0.4, -0.2) is 32.4 Å². The lowest BCUT2D eigenvalue weighted by atomic mass is 9.93. The highest BCUT2D eigenvalue weighted by atomic mass is 16.5. The van der Waals surface area contributed by atoms with E-state index in [2.05, 4.69) is 6.07 Å². The Labute approximate surface area is 168 Å². The third-order valence-corrected chi connectivity index (χ3v) is 5.16. The predicted octanol–water partition coefficient (Wildman–Crippen LogP) is 3.97. The summed E-state index contributed by atoms with van der Waals surface area (Å²) >= 11 is 0. The van der Waals surface area contributed by atoms with E-state index in [1.807, 2.05) is 30.3 Å². The zero-order valence-corrected chi connectivity index (χ0v) is 16.1. The number of hydrogen-bond acceptors (Lipinski definition) is 6. The number of benzene rings is 2. The van der Waals surface area contributed by atoms with E-state index in [-0.39, 0.29) is 12.1 Å². The Morgan fingerprint density at radius 2 is 2.10 bits per heavy atom. The molecule has 2 atom stereocenters. The maximum absolute atomic E-state index is 12.5. The summed E-state index contributed by atoms with van der Waals surface area (Å²) in [5, 5.41) is 10.8. The molecule has 1 fully saturated rings. The largest absolute Gasteiger partial charge is 0.488 e. The van der Waals surface area contributed by atoms with Crippen molar-refractivity contribution in [3.8, 4) is 11.8 Å². The van der Waals surface area contributed by atoms with Crippen molar-refractivity contribution in [1.82, 2.24) is 0 Å². The number of rotatable bonds is 6. The second-order valence-electron chi connectivity index (χ2n) is 7.03. The first kappa shape index (κ1) is 19.0. The topological polar surface area (TPSA) is 81.7 Å². The lowest BCUT2D eigenvalue weighted by Gasteiger charge is -2.16. The van der Waals surface area contributed by atoms with Crippen LogP contribution in [0, 0.1) is 11.3 Å². The molecule has 148 valence electrons. The number of furan rings is 1. The Kier molecular flexibility index (Phi) is 5.50. The van der Waals surface area contributed by atoms with Crippen molar-refractivity contribution >= 4 is 16.7 Å². The summed E-state index contributed by atoms with van der Waals surface area (Å²) in [7, 11) is 1.38. The maximum Gasteiger partial charge on any atom is 0.313 e. The standard InChI is InChI=1S/C23H21NO5/c1-26-23(25)21(11-22-20-7-2-15(12-24)10-17(20)13-28-22)16-3-5-18(6-4-16)29-19-8-9-27-14-19/h2-7,10,13,19,21H,8-9,11,14H2,1H3. The van der Waals surface area contributed by atoms with Crippen LogP contribution in [0.5, 0.6) is 5.75 Å². The van der Waals surface area contributed by atoms with Gasteiger partial charge in [0.05, 0.1) is 44.1 Å². The van der Waals surface area contributed by atoms with Gasteiger partial charge in [-0.1, -0.05) is 12.1 Å². The van der Waals surface area contributed by atoms with Crippen LogP contribution >= 0.6 is 0 Å². The SMILES string of the molecule is COC(=O)C(Cc1occ2cc(C#N)ccc12)c1ccc(OC2CCOC2)cc1. The van der Waals surface area contributed by atoms with Crippen molar-refractivity contribution in [3.05, 3.63) is 65.6 Å². The third-order valence-electron chi connectivity index (χ3n) is 5.16. The molecule has 6 heteroatoms. The monoisotopic (exact) mass is 391 g/mol. The van der Waals surface area contributed by atoms with Gasteiger partial charge in [0.1, 0.15) is 17.6 Å². The number of nitrogens with zero attached hydrogens (tertiary/aromatic N) is 1. The highest BCUT2D eigenvalue weighted by Gasteiger charge is 2.25. The number of carbonyl (C=O) groups excluding carboxylic acids is 1. The molecule has 29 heavy (non-hydrogen) atoms. The van der Waals surface area contributed by atoms with Gasteiger partial charge in [-0.15, -0.1) is 0 Å². The van der Waals surface area contributed by atoms with E-state index in [0.717, 1.165) is 35.1 Å². The van der Waals surface area contributed by atoms with Gasteiger partial charge in [0.15, 0.2) is 0 Å². The van der Waals surface area contributed by atoms with E-state index in [0.29, 0.717) is 24.4 Å². The van der Waals surface area contributed by atoms with Crippen LogP contribution in [0.15, 0.2) is 53.1 Å². The van der Waals surface area contributed by atoms with Crippen molar-refractivity contribution in [2.24, 2.45) is 0 Å². The summed E-state index contributed by atoms with van der Waals surface area (Å²) in [5.74, 6) is 0.596. The molecule has 6 nitrogen and oxygen atoms in total. The lowest BCUT2D eigenvalue weighted by molar-refractivity contribution is -0.142. The van der Waals surface area contributed by atoms with Gasteiger partial charge in [-0.3, -0.25) is 4.79 Å². The average Bonchev–Trinajstić information content (AvgIpc) is 3.41. The number of methoxy groups -OCH3 is 1. The number of carbonyl (C=O) groups is 1. The second kappa shape index (κ2) is 8.38. The zero-order valence-electron chi connectivity index (χ0n) is 16.1. The molecular formula is C23H21NO5. The van der Waals surface area contributed by atoms with E-state index in [4.69, 9.17) is 23.9 Å². The number of nitriles is 1. The van der Waals surface area contributed by atoms with Crippen LogP contribution in [0.2, 0.25) is 0 Å². The molecule has 3 aromatic rings. The Morgan fingerprint density at radius 1 is 1.28 bits per heavy atom. The second-order valence-corrected chi connectivity index (χ2v) is 7.03. The molecule has 0 bridgehead atoms. The molecule has 0 aliphatic carbocycles. The van der Waals surface area contributed by atoms with Crippen LogP contribution < -0.4 is 4.74 Å². The van der Waals surface area contributed by atoms with E-state index in [1.165, 1.54) is 7.11 Å². The van der Waals surface area contributed by atoms with Gasteiger partial charge in [0.2, 0.25) is 0 Å². The van der Waals surface area contributed by atoms with Gasteiger partial charge < -0.3 is 18.6 Å². The van der Waals surface area contributed by atoms with Crippen molar-refractivity contribution in [3.63, 3.8) is 0 Å². The molecule has 2 unspecified atom stereocenters. The van der Waals surface area contributed by atoms with Gasteiger partial charge in [0, 0.05) is 23.6 Å². The Bertz CT molecular complexity index is 1040. The molecule has 0 radical (unpaired) electrons. The van der Waals surface area contributed by atoms with Crippen LogP contribution in [-0.2, 0) is 20.7 Å². The quantitative estimate of drug-likeness (QED) is 0.592. The minimum atomic E-state index is -0.506. The summed E-state index contributed by atoms with van der Waals surface area (Å²) in [6.45, 7) is 1.33. The molecule has 1 aliphatic rings. The Morgan fingerprint density at radius 3 is 2.79 bits per heavy atom. The number of esters is 1. The van der Waals surface area contributed by atoms with Crippen molar-refractivity contribution in [1.29, 1.82) is 5.26 Å². The van der Waals surface area contributed by atoms with Crippen molar-refractivity contribution in [2.75, 3.05) is 20.3 Å². The highest BCUT2D eigenvalue weighted by Crippen LogP contribution is 2.30. The van der Waals surface area contributed by atoms with E-state index < -0.39 is 5.92 Å². The summed E-state index contributed by atoms with van der Waals surface area (Å²) in [6.07, 6.45) is 2.93. The smallest absolute Gasteiger partial charge is 0.313 e. The Hall–Kier alpha value is -3.30. The summed E-state index contributed by atoms with van der Waals surface area (Å²) in [4.78, 5) is 12.5. The summed E-state index contributed by atoms with van der Waals surface area (Å²) < 4.78 is 22.0. The zero-order chi connectivity index (χ0) is 20.2. The Balaban J connectivity index is 1.56. The fourth-order valence-corrected chi connectivity index (χ4v) is 3.58. The predicted molar refractivity (Wildman–Crippen MR) is 106 cm³/mol. The van der Waals surface area contributed by atoms with Gasteiger partial charge in [0.25, 0.3) is 0 Å². The normalized spacial score (nSPS) is 17.0. The molecule has 1 aromatic heterocycles. The van der Waals surface area contributed by atoms with Crippen molar-refractivity contribution < 1.29 is 23.4 Å². The molecule has 4 rings (SSSR count). The average molecular weight is 391 g/mol. The minimum Gasteiger partial charge on any atom is -0.488 e. The summed E-state index contributed by atoms with van der Waals surface area (Å²) in [6, 6.07) is 15.0. The number of ether oxygens (including phenoxy) is 3.